The molecule has 2 aliphatic heterocycles. The summed E-state index contributed by atoms with van der Waals surface area (Å²) < 4.78 is 5.25. The van der Waals surface area contributed by atoms with Crippen LogP contribution in [0.2, 0.25) is 5.15 Å². The molecule has 0 spiro atoms. The second-order valence-electron chi connectivity index (χ2n) is 4.79. The molecule has 0 aliphatic carbocycles. The Bertz CT molecular complexity index is 565. The number of esters is 1. The smallest absolute Gasteiger partial charge is 0.333 e. The summed E-state index contributed by atoms with van der Waals surface area (Å²) in [5, 5.41) is 0.475. The van der Waals surface area contributed by atoms with Gasteiger partial charge in [0.2, 0.25) is 0 Å². The number of fused-ring (bicyclic) bond motifs is 1. The molecule has 1 unspecified atom stereocenters. The molecule has 1 aromatic heterocycles. The van der Waals surface area contributed by atoms with E-state index in [0.717, 1.165) is 23.4 Å². The minimum atomic E-state index is -0.270. The largest absolute Gasteiger partial charge is 0.452 e. The summed E-state index contributed by atoms with van der Waals surface area (Å²) in [6.07, 6.45) is 3.86. The van der Waals surface area contributed by atoms with Gasteiger partial charge in [0.05, 0.1) is 5.70 Å². The fourth-order valence-electron chi connectivity index (χ4n) is 2.44. The summed E-state index contributed by atoms with van der Waals surface area (Å²) >= 11 is 5.77. The highest BCUT2D eigenvalue weighted by molar-refractivity contribution is 6.29. The van der Waals surface area contributed by atoms with Crippen molar-refractivity contribution in [3.05, 3.63) is 53.0 Å². The van der Waals surface area contributed by atoms with E-state index in [-0.39, 0.29) is 12.1 Å². The van der Waals surface area contributed by atoms with E-state index in [9.17, 15) is 4.79 Å². The molecule has 0 amide bonds. The zero-order chi connectivity index (χ0) is 13.4. The number of aromatic nitrogens is 1. The first-order chi connectivity index (χ1) is 9.11. The molecular formula is C14H13ClN2O2. The van der Waals surface area contributed by atoms with E-state index in [4.69, 9.17) is 16.3 Å². The summed E-state index contributed by atoms with van der Waals surface area (Å²) in [6.45, 7) is 5.42. The summed E-state index contributed by atoms with van der Waals surface area (Å²) in [5.74, 6) is -0.270. The van der Waals surface area contributed by atoms with Gasteiger partial charge in [-0.25, -0.2) is 9.78 Å². The van der Waals surface area contributed by atoms with E-state index in [1.807, 2.05) is 6.07 Å². The van der Waals surface area contributed by atoms with E-state index in [1.165, 1.54) is 0 Å². The van der Waals surface area contributed by atoms with Crippen molar-refractivity contribution in [2.45, 2.75) is 19.1 Å². The van der Waals surface area contributed by atoms with Crippen molar-refractivity contribution in [1.82, 2.24) is 9.88 Å². The number of hydrogen-bond donors (Lipinski definition) is 0. The van der Waals surface area contributed by atoms with Crippen LogP contribution in [0.4, 0.5) is 0 Å². The standard InChI is InChI=1S/C14H13ClN2O2/c1-9-4-12-11(5-14(18)19-12)17(7-9)8-10-2-3-13(15)16-6-10/h2-3,5-6,12H,1,4,7-8H2. The molecule has 0 N–H and O–H groups in total. The van der Waals surface area contributed by atoms with Gasteiger partial charge in [-0.05, 0) is 11.6 Å². The number of rotatable bonds is 2. The van der Waals surface area contributed by atoms with Gasteiger partial charge in [0.1, 0.15) is 11.3 Å². The first kappa shape index (κ1) is 12.2. The van der Waals surface area contributed by atoms with Crippen molar-refractivity contribution in [2.24, 2.45) is 0 Å². The Morgan fingerprint density at radius 3 is 3.11 bits per heavy atom. The molecule has 1 atom stereocenters. The van der Waals surface area contributed by atoms with Crippen LogP contribution < -0.4 is 0 Å². The molecule has 98 valence electrons. The summed E-state index contributed by atoms with van der Waals surface area (Å²) in [6, 6.07) is 3.69. The lowest BCUT2D eigenvalue weighted by Crippen LogP contribution is -2.35. The molecule has 1 aromatic rings. The number of pyridine rings is 1. The highest BCUT2D eigenvalue weighted by Crippen LogP contribution is 2.31. The van der Waals surface area contributed by atoms with Crippen molar-refractivity contribution >= 4 is 17.6 Å². The maximum Gasteiger partial charge on any atom is 0.333 e. The summed E-state index contributed by atoms with van der Waals surface area (Å²) in [5.41, 5.74) is 3.05. The number of ether oxygens (including phenoxy) is 1. The van der Waals surface area contributed by atoms with E-state index in [0.29, 0.717) is 18.1 Å². The quantitative estimate of drug-likeness (QED) is 0.472. The number of likely N-dealkylation sites (tertiary alicyclic amines) is 1. The molecule has 1 fully saturated rings. The molecule has 3 rings (SSSR count). The molecule has 0 bridgehead atoms. The second kappa shape index (κ2) is 4.70. The topological polar surface area (TPSA) is 42.4 Å². The number of carbonyl (C=O) groups excluding carboxylic acids is 1. The van der Waals surface area contributed by atoms with Crippen LogP contribution >= 0.6 is 11.6 Å². The van der Waals surface area contributed by atoms with Gasteiger partial charge in [-0.2, -0.15) is 0 Å². The van der Waals surface area contributed by atoms with Crippen molar-refractivity contribution in [3.8, 4) is 0 Å². The highest BCUT2D eigenvalue weighted by Gasteiger charge is 2.34. The molecule has 2 aliphatic rings. The monoisotopic (exact) mass is 276 g/mol. The molecule has 0 saturated carbocycles. The fourth-order valence-corrected chi connectivity index (χ4v) is 2.56. The van der Waals surface area contributed by atoms with Gasteiger partial charge in [-0.15, -0.1) is 0 Å². The Balaban J connectivity index is 1.82. The van der Waals surface area contributed by atoms with Crippen molar-refractivity contribution < 1.29 is 9.53 Å². The number of halogens is 1. The average molecular weight is 277 g/mol. The molecule has 4 nitrogen and oxygen atoms in total. The van der Waals surface area contributed by atoms with Gasteiger partial charge >= 0.3 is 5.97 Å². The van der Waals surface area contributed by atoms with Crippen LogP contribution in [0.25, 0.3) is 0 Å². The lowest BCUT2D eigenvalue weighted by molar-refractivity contribution is -0.139. The third kappa shape index (κ3) is 2.49. The predicted octanol–water partition coefficient (Wildman–Crippen LogP) is 2.31. The van der Waals surface area contributed by atoms with Gasteiger partial charge in [-0.3, -0.25) is 0 Å². The lowest BCUT2D eigenvalue weighted by atomic mass is 10.0. The number of carbonyl (C=O) groups is 1. The Labute approximate surface area is 116 Å². The van der Waals surface area contributed by atoms with Gasteiger partial charge in [0, 0.05) is 31.8 Å². The molecule has 0 aromatic carbocycles. The van der Waals surface area contributed by atoms with Crippen molar-refractivity contribution in [1.29, 1.82) is 0 Å². The van der Waals surface area contributed by atoms with Crippen molar-refractivity contribution in [3.63, 3.8) is 0 Å². The zero-order valence-corrected chi connectivity index (χ0v) is 11.1. The maximum absolute atomic E-state index is 11.4. The number of hydrogen-bond acceptors (Lipinski definition) is 4. The molecule has 0 radical (unpaired) electrons. The first-order valence-corrected chi connectivity index (χ1v) is 6.44. The van der Waals surface area contributed by atoms with Crippen molar-refractivity contribution in [2.75, 3.05) is 6.54 Å². The third-order valence-corrected chi connectivity index (χ3v) is 3.49. The van der Waals surface area contributed by atoms with Gasteiger partial charge in [0.15, 0.2) is 0 Å². The van der Waals surface area contributed by atoms with Gasteiger partial charge in [0.25, 0.3) is 0 Å². The SMILES string of the molecule is C=C1CC2OC(=O)C=C2N(Cc2ccc(Cl)nc2)C1. The molecular weight excluding hydrogens is 264 g/mol. The van der Waals surface area contributed by atoms with Crippen LogP contribution in [-0.4, -0.2) is 28.5 Å². The predicted molar refractivity (Wildman–Crippen MR) is 71.4 cm³/mol. The molecule has 3 heterocycles. The summed E-state index contributed by atoms with van der Waals surface area (Å²) in [4.78, 5) is 17.5. The highest BCUT2D eigenvalue weighted by atomic mass is 35.5. The maximum atomic E-state index is 11.4. The van der Waals surface area contributed by atoms with E-state index in [1.54, 1.807) is 18.3 Å². The fraction of sp³-hybridized carbons (Fsp3) is 0.286. The van der Waals surface area contributed by atoms with Crippen LogP contribution in [0.3, 0.4) is 0 Å². The average Bonchev–Trinajstić information content (AvgIpc) is 2.72. The molecule has 19 heavy (non-hydrogen) atoms. The Morgan fingerprint density at radius 1 is 1.53 bits per heavy atom. The Hall–Kier alpha value is -1.81. The normalized spacial score (nSPS) is 22.1. The van der Waals surface area contributed by atoms with Gasteiger partial charge in [-0.1, -0.05) is 29.8 Å². The van der Waals surface area contributed by atoms with E-state index >= 15 is 0 Å². The number of piperidine rings is 1. The lowest BCUT2D eigenvalue weighted by Gasteiger charge is -2.34. The Morgan fingerprint density at radius 2 is 2.37 bits per heavy atom. The van der Waals surface area contributed by atoms with Crippen LogP contribution in [0, 0.1) is 0 Å². The minimum Gasteiger partial charge on any atom is -0.452 e. The minimum absolute atomic E-state index is 0.172. The van der Waals surface area contributed by atoms with Gasteiger partial charge < -0.3 is 9.64 Å². The Kier molecular flexibility index (Phi) is 3.03. The molecule has 1 saturated heterocycles. The zero-order valence-electron chi connectivity index (χ0n) is 10.3. The summed E-state index contributed by atoms with van der Waals surface area (Å²) in [7, 11) is 0. The van der Waals surface area contributed by atoms with Crippen LogP contribution in [0.5, 0.6) is 0 Å². The van der Waals surface area contributed by atoms with E-state index < -0.39 is 0 Å². The van der Waals surface area contributed by atoms with E-state index in [2.05, 4.69) is 16.5 Å². The van der Waals surface area contributed by atoms with Crippen LogP contribution in [-0.2, 0) is 16.1 Å². The first-order valence-electron chi connectivity index (χ1n) is 6.06. The second-order valence-corrected chi connectivity index (χ2v) is 5.18. The number of nitrogens with zero attached hydrogens (tertiary/aromatic N) is 2. The third-order valence-electron chi connectivity index (χ3n) is 3.27. The molecule has 5 heteroatoms. The van der Waals surface area contributed by atoms with Crippen LogP contribution in [0.1, 0.15) is 12.0 Å². The van der Waals surface area contributed by atoms with Crippen LogP contribution in [0.15, 0.2) is 42.3 Å².